The molecule has 2 aromatic carbocycles. The van der Waals surface area contributed by atoms with Crippen LogP contribution in [-0.2, 0) is 24.4 Å². The standard InChI is InChI=1S/C20H17F2N3O2/c21-15-6-7-16(22)14(10-15)11-23-20(26)18-17-12-27-9-8-25(17)19(24-18)13-4-2-1-3-5-13/h1-7,10H,8-9,11-12H2,(H,23,26). The van der Waals surface area contributed by atoms with E-state index in [2.05, 4.69) is 10.3 Å². The molecule has 0 radical (unpaired) electrons. The fourth-order valence-electron chi connectivity index (χ4n) is 3.13. The molecule has 1 aromatic heterocycles. The SMILES string of the molecule is O=C(NCc1cc(F)ccc1F)c1nc(-c2ccccc2)n2c1COCC2. The van der Waals surface area contributed by atoms with Gasteiger partial charge in [-0.1, -0.05) is 30.3 Å². The molecule has 0 fully saturated rings. The molecular formula is C20H17F2N3O2. The minimum Gasteiger partial charge on any atom is -0.373 e. The van der Waals surface area contributed by atoms with E-state index in [1.807, 2.05) is 34.9 Å². The van der Waals surface area contributed by atoms with Crippen LogP contribution in [0.15, 0.2) is 48.5 Å². The highest BCUT2D eigenvalue weighted by molar-refractivity contribution is 5.94. The number of aromatic nitrogens is 2. The van der Waals surface area contributed by atoms with Gasteiger partial charge in [-0.15, -0.1) is 0 Å². The van der Waals surface area contributed by atoms with E-state index in [-0.39, 0.29) is 24.4 Å². The highest BCUT2D eigenvalue weighted by Gasteiger charge is 2.25. The topological polar surface area (TPSA) is 56.2 Å². The maximum atomic E-state index is 13.8. The Hall–Kier alpha value is -3.06. The number of carbonyl (C=O) groups excluding carboxylic acids is 1. The van der Waals surface area contributed by atoms with Crippen molar-refractivity contribution in [2.45, 2.75) is 19.7 Å². The maximum absolute atomic E-state index is 13.8. The first-order chi connectivity index (χ1) is 13.1. The second kappa shape index (κ2) is 7.28. The zero-order chi connectivity index (χ0) is 18.8. The van der Waals surface area contributed by atoms with E-state index < -0.39 is 17.5 Å². The molecule has 7 heteroatoms. The monoisotopic (exact) mass is 369 g/mol. The third-order valence-corrected chi connectivity index (χ3v) is 4.46. The van der Waals surface area contributed by atoms with Gasteiger partial charge in [-0.2, -0.15) is 0 Å². The third-order valence-electron chi connectivity index (χ3n) is 4.46. The van der Waals surface area contributed by atoms with Crippen LogP contribution in [0.3, 0.4) is 0 Å². The second-order valence-corrected chi connectivity index (χ2v) is 6.22. The summed E-state index contributed by atoms with van der Waals surface area (Å²) >= 11 is 0. The highest BCUT2D eigenvalue weighted by Crippen LogP contribution is 2.25. The molecule has 1 N–H and O–H groups in total. The minimum atomic E-state index is -0.572. The van der Waals surface area contributed by atoms with Crippen LogP contribution in [0.5, 0.6) is 0 Å². The number of rotatable bonds is 4. The lowest BCUT2D eigenvalue weighted by molar-refractivity contribution is 0.0816. The quantitative estimate of drug-likeness (QED) is 0.768. The number of nitrogens with one attached hydrogen (secondary N) is 1. The lowest BCUT2D eigenvalue weighted by Gasteiger charge is -2.18. The Morgan fingerprint density at radius 1 is 1.19 bits per heavy atom. The third kappa shape index (κ3) is 3.46. The Kier molecular flexibility index (Phi) is 4.68. The zero-order valence-electron chi connectivity index (χ0n) is 14.4. The number of carbonyl (C=O) groups is 1. The van der Waals surface area contributed by atoms with E-state index in [4.69, 9.17) is 4.74 Å². The van der Waals surface area contributed by atoms with Gasteiger partial charge in [-0.25, -0.2) is 13.8 Å². The molecule has 0 unspecified atom stereocenters. The molecule has 0 atom stereocenters. The minimum absolute atomic E-state index is 0.0796. The van der Waals surface area contributed by atoms with Gasteiger partial charge < -0.3 is 14.6 Å². The van der Waals surface area contributed by atoms with E-state index in [0.717, 1.165) is 23.8 Å². The largest absolute Gasteiger partial charge is 0.373 e. The van der Waals surface area contributed by atoms with Gasteiger partial charge in [-0.3, -0.25) is 4.79 Å². The Morgan fingerprint density at radius 3 is 2.81 bits per heavy atom. The van der Waals surface area contributed by atoms with Crippen molar-refractivity contribution in [1.29, 1.82) is 0 Å². The van der Waals surface area contributed by atoms with Crippen molar-refractivity contribution in [2.75, 3.05) is 6.61 Å². The zero-order valence-corrected chi connectivity index (χ0v) is 14.4. The number of halogens is 2. The summed E-state index contributed by atoms with van der Waals surface area (Å²) in [7, 11) is 0. The average molecular weight is 369 g/mol. The molecule has 3 aromatic rings. The molecule has 1 aliphatic rings. The molecule has 0 saturated heterocycles. The van der Waals surface area contributed by atoms with Crippen molar-refractivity contribution in [1.82, 2.24) is 14.9 Å². The van der Waals surface area contributed by atoms with Crippen molar-refractivity contribution in [3.63, 3.8) is 0 Å². The number of fused-ring (bicyclic) bond motifs is 1. The van der Waals surface area contributed by atoms with Crippen molar-refractivity contribution in [3.05, 3.63) is 77.1 Å². The number of hydrogen-bond acceptors (Lipinski definition) is 3. The average Bonchev–Trinajstić information content (AvgIpc) is 3.09. The van der Waals surface area contributed by atoms with Crippen LogP contribution in [0.4, 0.5) is 8.78 Å². The van der Waals surface area contributed by atoms with Crippen molar-refractivity contribution >= 4 is 5.91 Å². The molecule has 138 valence electrons. The van der Waals surface area contributed by atoms with Gasteiger partial charge in [-0.05, 0) is 18.2 Å². The molecule has 1 aliphatic heterocycles. The number of ether oxygens (including phenoxy) is 1. The Balaban J connectivity index is 1.62. The Bertz CT molecular complexity index is 986. The first-order valence-electron chi connectivity index (χ1n) is 8.58. The van der Waals surface area contributed by atoms with Gasteiger partial charge in [0.25, 0.3) is 5.91 Å². The van der Waals surface area contributed by atoms with Crippen LogP contribution < -0.4 is 5.32 Å². The summed E-state index contributed by atoms with van der Waals surface area (Å²) in [6, 6.07) is 12.7. The van der Waals surface area contributed by atoms with Gasteiger partial charge >= 0.3 is 0 Å². The summed E-state index contributed by atoms with van der Waals surface area (Å²) in [5.41, 5.74) is 1.90. The summed E-state index contributed by atoms with van der Waals surface area (Å²) in [4.78, 5) is 17.2. The summed E-state index contributed by atoms with van der Waals surface area (Å²) in [5, 5.41) is 2.62. The fraction of sp³-hybridized carbons (Fsp3) is 0.200. The molecule has 0 spiro atoms. The molecular weight excluding hydrogens is 352 g/mol. The van der Waals surface area contributed by atoms with Gasteiger partial charge in [0.15, 0.2) is 5.69 Å². The first kappa shape index (κ1) is 17.4. The van der Waals surface area contributed by atoms with Crippen LogP contribution >= 0.6 is 0 Å². The predicted octanol–water partition coefficient (Wildman–Crippen LogP) is 3.29. The van der Waals surface area contributed by atoms with Gasteiger partial charge in [0, 0.05) is 24.2 Å². The molecule has 2 heterocycles. The van der Waals surface area contributed by atoms with E-state index in [1.54, 1.807) is 0 Å². The smallest absolute Gasteiger partial charge is 0.272 e. The number of amides is 1. The molecule has 27 heavy (non-hydrogen) atoms. The highest BCUT2D eigenvalue weighted by atomic mass is 19.1. The van der Waals surface area contributed by atoms with E-state index >= 15 is 0 Å². The van der Waals surface area contributed by atoms with Gasteiger partial charge in [0.2, 0.25) is 0 Å². The van der Waals surface area contributed by atoms with E-state index in [9.17, 15) is 13.6 Å². The molecule has 0 bridgehead atoms. The molecule has 0 aliphatic carbocycles. The van der Waals surface area contributed by atoms with Crippen molar-refractivity contribution in [3.8, 4) is 11.4 Å². The first-order valence-corrected chi connectivity index (χ1v) is 8.58. The second-order valence-electron chi connectivity index (χ2n) is 6.22. The van der Waals surface area contributed by atoms with Crippen LogP contribution in [0.2, 0.25) is 0 Å². The lowest BCUT2D eigenvalue weighted by Crippen LogP contribution is -2.26. The van der Waals surface area contributed by atoms with E-state index in [0.29, 0.717) is 24.7 Å². The Labute approximate surface area is 154 Å². The number of imidazole rings is 1. The van der Waals surface area contributed by atoms with Crippen molar-refractivity contribution in [2.24, 2.45) is 0 Å². The lowest BCUT2D eigenvalue weighted by atomic mass is 10.2. The predicted molar refractivity (Wildman–Crippen MR) is 94.8 cm³/mol. The van der Waals surface area contributed by atoms with Crippen molar-refractivity contribution < 1.29 is 18.3 Å². The summed E-state index contributed by atoms with van der Waals surface area (Å²) < 4.78 is 34.5. The summed E-state index contributed by atoms with van der Waals surface area (Å²) in [5.74, 6) is -0.886. The molecule has 5 nitrogen and oxygen atoms in total. The number of hydrogen-bond donors (Lipinski definition) is 1. The van der Waals surface area contributed by atoms with Crippen LogP contribution in [-0.4, -0.2) is 22.1 Å². The maximum Gasteiger partial charge on any atom is 0.272 e. The van der Waals surface area contributed by atoms with Gasteiger partial charge in [0.1, 0.15) is 17.5 Å². The Morgan fingerprint density at radius 2 is 2.00 bits per heavy atom. The summed E-state index contributed by atoms with van der Waals surface area (Å²) in [6.07, 6.45) is 0. The van der Waals surface area contributed by atoms with Crippen LogP contribution in [0.1, 0.15) is 21.7 Å². The molecule has 4 rings (SSSR count). The molecule has 1 amide bonds. The normalized spacial score (nSPS) is 13.3. The fourth-order valence-corrected chi connectivity index (χ4v) is 3.13. The van der Waals surface area contributed by atoms with Crippen LogP contribution in [0.25, 0.3) is 11.4 Å². The number of nitrogens with zero attached hydrogens (tertiary/aromatic N) is 2. The van der Waals surface area contributed by atoms with E-state index in [1.165, 1.54) is 0 Å². The number of benzene rings is 2. The van der Waals surface area contributed by atoms with Gasteiger partial charge in [0.05, 0.1) is 18.9 Å². The van der Waals surface area contributed by atoms with Crippen LogP contribution in [0, 0.1) is 11.6 Å². The summed E-state index contributed by atoms with van der Waals surface area (Å²) in [6.45, 7) is 1.28. The molecule has 0 saturated carbocycles.